The Morgan fingerprint density at radius 3 is 2.50 bits per heavy atom. The summed E-state index contributed by atoms with van der Waals surface area (Å²) in [5.74, 6) is 0.197. The van der Waals surface area contributed by atoms with Crippen LogP contribution >= 0.6 is 0 Å². The van der Waals surface area contributed by atoms with Gasteiger partial charge in [0.15, 0.2) is 13.0 Å². The average molecular weight is 286 g/mol. The van der Waals surface area contributed by atoms with Crippen LogP contribution in [-0.4, -0.2) is 17.8 Å². The quantitative estimate of drug-likeness (QED) is 0.887. The van der Waals surface area contributed by atoms with Crippen LogP contribution in [0.2, 0.25) is 0 Å². The maximum absolute atomic E-state index is 12.0. The Hall–Kier alpha value is -2.02. The Balaban J connectivity index is 1.76. The molecular weight excluding hydrogens is 273 g/mol. The van der Waals surface area contributed by atoms with E-state index in [1.807, 2.05) is 0 Å². The number of ether oxygens (including phenoxy) is 1. The molecule has 4 nitrogen and oxygen atoms in total. The fourth-order valence-electron chi connectivity index (χ4n) is 1.53. The van der Waals surface area contributed by atoms with Crippen molar-refractivity contribution in [2.45, 2.75) is 19.3 Å². The van der Waals surface area contributed by atoms with E-state index in [0.29, 0.717) is 13.1 Å². The monoisotopic (exact) mass is 286 g/mol. The van der Waals surface area contributed by atoms with E-state index in [1.165, 1.54) is 18.5 Å². The van der Waals surface area contributed by atoms with Crippen LogP contribution in [0.4, 0.5) is 13.2 Å². The molecule has 7 heteroatoms. The highest BCUT2D eigenvalue weighted by Crippen LogP contribution is 2.18. The van der Waals surface area contributed by atoms with E-state index < -0.39 is 12.8 Å². The second kappa shape index (κ2) is 6.42. The predicted molar refractivity (Wildman–Crippen MR) is 65.0 cm³/mol. The zero-order valence-electron chi connectivity index (χ0n) is 10.5. The number of hydrogen-bond donors (Lipinski definition) is 1. The van der Waals surface area contributed by atoms with Gasteiger partial charge in [-0.2, -0.15) is 13.2 Å². The minimum atomic E-state index is -4.32. The van der Waals surface area contributed by atoms with Crippen molar-refractivity contribution >= 4 is 0 Å². The number of nitrogens with zero attached hydrogens (tertiary/aromatic N) is 1. The molecule has 0 aliphatic rings. The van der Waals surface area contributed by atoms with Crippen molar-refractivity contribution in [2.24, 2.45) is 0 Å². The zero-order valence-corrected chi connectivity index (χ0v) is 10.5. The molecule has 1 aromatic carbocycles. The summed E-state index contributed by atoms with van der Waals surface area (Å²) >= 11 is 0. The highest BCUT2D eigenvalue weighted by atomic mass is 19.4. The van der Waals surface area contributed by atoms with Gasteiger partial charge in [0.05, 0.1) is 5.69 Å². The summed E-state index contributed by atoms with van der Waals surface area (Å²) < 4.78 is 45.4. The molecule has 0 unspecified atom stereocenters. The molecular formula is C13H13F3N2O2. The highest BCUT2D eigenvalue weighted by molar-refractivity contribution is 5.27. The first-order valence-electron chi connectivity index (χ1n) is 5.89. The van der Waals surface area contributed by atoms with E-state index in [1.54, 1.807) is 18.4 Å². The van der Waals surface area contributed by atoms with E-state index in [4.69, 9.17) is 4.42 Å². The van der Waals surface area contributed by atoms with E-state index in [0.717, 1.165) is 11.3 Å². The van der Waals surface area contributed by atoms with Gasteiger partial charge in [0.1, 0.15) is 12.0 Å². The smallest absolute Gasteiger partial charge is 0.422 e. The molecule has 2 rings (SSSR count). The first-order chi connectivity index (χ1) is 9.53. The van der Waals surface area contributed by atoms with Crippen LogP contribution in [-0.2, 0) is 13.1 Å². The molecule has 1 aromatic heterocycles. The lowest BCUT2D eigenvalue weighted by atomic mass is 10.2. The number of oxazole rings is 1. The average Bonchev–Trinajstić information content (AvgIpc) is 2.90. The standard InChI is InChI=1S/C13H13F3N2O2/c14-13(15,16)8-20-12-3-1-10(2-4-12)5-17-6-11-7-19-9-18-11/h1-4,7,9,17H,5-6,8H2. The van der Waals surface area contributed by atoms with Crippen LogP contribution < -0.4 is 10.1 Å². The summed E-state index contributed by atoms with van der Waals surface area (Å²) in [6.45, 7) is -0.147. The first kappa shape index (κ1) is 14.4. The summed E-state index contributed by atoms with van der Waals surface area (Å²) in [7, 11) is 0. The molecule has 0 spiro atoms. The van der Waals surface area contributed by atoms with Gasteiger partial charge in [0.2, 0.25) is 0 Å². The van der Waals surface area contributed by atoms with Crippen molar-refractivity contribution in [1.82, 2.24) is 10.3 Å². The van der Waals surface area contributed by atoms with Gasteiger partial charge in [-0.3, -0.25) is 0 Å². The second-order valence-electron chi connectivity index (χ2n) is 4.13. The van der Waals surface area contributed by atoms with Gasteiger partial charge in [-0.15, -0.1) is 0 Å². The molecule has 0 atom stereocenters. The van der Waals surface area contributed by atoms with Gasteiger partial charge in [-0.1, -0.05) is 12.1 Å². The Bertz CT molecular complexity index is 509. The molecule has 0 aliphatic carbocycles. The van der Waals surface area contributed by atoms with Gasteiger partial charge >= 0.3 is 6.18 Å². The largest absolute Gasteiger partial charge is 0.484 e. The van der Waals surface area contributed by atoms with Crippen LogP contribution in [0.3, 0.4) is 0 Å². The third kappa shape index (κ3) is 4.93. The summed E-state index contributed by atoms with van der Waals surface area (Å²) in [5, 5.41) is 3.14. The maximum Gasteiger partial charge on any atom is 0.422 e. The fraction of sp³-hybridized carbons (Fsp3) is 0.308. The lowest BCUT2D eigenvalue weighted by Crippen LogP contribution is -2.19. The number of aromatic nitrogens is 1. The predicted octanol–water partition coefficient (Wildman–Crippen LogP) is 2.91. The molecule has 0 radical (unpaired) electrons. The van der Waals surface area contributed by atoms with Crippen molar-refractivity contribution in [3.8, 4) is 5.75 Å². The topological polar surface area (TPSA) is 47.3 Å². The minimum Gasteiger partial charge on any atom is -0.484 e. The summed E-state index contributed by atoms with van der Waals surface area (Å²) in [6.07, 6.45) is -1.43. The summed E-state index contributed by atoms with van der Waals surface area (Å²) in [5.41, 5.74) is 1.72. The number of benzene rings is 1. The van der Waals surface area contributed by atoms with Crippen molar-refractivity contribution in [2.75, 3.05) is 6.61 Å². The van der Waals surface area contributed by atoms with Crippen molar-refractivity contribution in [1.29, 1.82) is 0 Å². The third-order valence-corrected chi connectivity index (χ3v) is 2.44. The summed E-state index contributed by atoms with van der Waals surface area (Å²) in [4.78, 5) is 3.95. The lowest BCUT2D eigenvalue weighted by molar-refractivity contribution is -0.153. The number of alkyl halides is 3. The van der Waals surface area contributed by atoms with E-state index in [9.17, 15) is 13.2 Å². The van der Waals surface area contributed by atoms with Crippen LogP contribution in [0, 0.1) is 0 Å². The van der Waals surface area contributed by atoms with Gasteiger partial charge in [0, 0.05) is 13.1 Å². The molecule has 0 amide bonds. The van der Waals surface area contributed by atoms with E-state index in [2.05, 4.69) is 15.0 Å². The van der Waals surface area contributed by atoms with Crippen molar-refractivity contribution in [3.63, 3.8) is 0 Å². The van der Waals surface area contributed by atoms with Crippen molar-refractivity contribution in [3.05, 3.63) is 48.2 Å². The molecule has 0 aliphatic heterocycles. The van der Waals surface area contributed by atoms with Gasteiger partial charge in [-0.05, 0) is 17.7 Å². The number of nitrogens with one attached hydrogen (secondary N) is 1. The van der Waals surface area contributed by atoms with Gasteiger partial charge in [-0.25, -0.2) is 4.98 Å². The number of hydrogen-bond acceptors (Lipinski definition) is 4. The molecule has 0 fully saturated rings. The van der Waals surface area contributed by atoms with Crippen LogP contribution in [0.5, 0.6) is 5.75 Å². The molecule has 0 bridgehead atoms. The fourth-order valence-corrected chi connectivity index (χ4v) is 1.53. The molecule has 0 saturated heterocycles. The Morgan fingerprint density at radius 2 is 1.90 bits per heavy atom. The van der Waals surface area contributed by atoms with Crippen LogP contribution in [0.15, 0.2) is 41.3 Å². The number of halogens is 3. The zero-order chi connectivity index (χ0) is 14.4. The molecule has 108 valence electrons. The van der Waals surface area contributed by atoms with Crippen LogP contribution in [0.25, 0.3) is 0 Å². The normalized spacial score (nSPS) is 11.6. The Labute approximate surface area is 113 Å². The molecule has 2 aromatic rings. The molecule has 0 saturated carbocycles. The highest BCUT2D eigenvalue weighted by Gasteiger charge is 2.28. The molecule has 1 N–H and O–H groups in total. The second-order valence-corrected chi connectivity index (χ2v) is 4.13. The molecule has 20 heavy (non-hydrogen) atoms. The Kier molecular flexibility index (Phi) is 4.62. The Morgan fingerprint density at radius 1 is 1.15 bits per heavy atom. The number of rotatable bonds is 6. The first-order valence-corrected chi connectivity index (χ1v) is 5.89. The van der Waals surface area contributed by atoms with Crippen molar-refractivity contribution < 1.29 is 22.3 Å². The van der Waals surface area contributed by atoms with Gasteiger partial charge < -0.3 is 14.5 Å². The minimum absolute atomic E-state index is 0.197. The lowest BCUT2D eigenvalue weighted by Gasteiger charge is -2.09. The summed E-state index contributed by atoms with van der Waals surface area (Å²) in [6, 6.07) is 6.45. The molecule has 1 heterocycles. The van der Waals surface area contributed by atoms with Gasteiger partial charge in [0.25, 0.3) is 0 Å². The third-order valence-electron chi connectivity index (χ3n) is 2.44. The SMILES string of the molecule is FC(F)(F)COc1ccc(CNCc2cocn2)cc1. The van der Waals surface area contributed by atoms with E-state index >= 15 is 0 Å². The maximum atomic E-state index is 12.0. The van der Waals surface area contributed by atoms with E-state index in [-0.39, 0.29) is 5.75 Å². The van der Waals surface area contributed by atoms with Crippen LogP contribution in [0.1, 0.15) is 11.3 Å².